The lowest BCUT2D eigenvalue weighted by Crippen LogP contribution is -2.45. The number of ether oxygens (including phenoxy) is 1. The molecular weight excluding hydrogens is 316 g/mol. The minimum Gasteiger partial charge on any atom is -0.481 e. The number of carbonyl (C=O) groups excluding carboxylic acids is 1. The highest BCUT2D eigenvalue weighted by Gasteiger charge is 2.34. The normalized spacial score (nSPS) is 22.0. The Morgan fingerprint density at radius 3 is 2.73 bits per heavy atom. The number of amides is 1. The molecular formula is C14H17F2NO4S. The maximum absolute atomic E-state index is 12.5. The molecule has 5 nitrogen and oxygen atoms in total. The third kappa shape index (κ3) is 3.73. The van der Waals surface area contributed by atoms with E-state index in [2.05, 4.69) is 4.74 Å². The summed E-state index contributed by atoms with van der Waals surface area (Å²) < 4.78 is 29.2. The highest BCUT2D eigenvalue weighted by Crippen LogP contribution is 2.33. The highest BCUT2D eigenvalue weighted by molar-refractivity contribution is 7.14. The number of carboxylic acids is 1. The number of thiophene rings is 1. The van der Waals surface area contributed by atoms with Crippen molar-refractivity contribution in [1.29, 1.82) is 0 Å². The molecule has 2 heterocycles. The van der Waals surface area contributed by atoms with E-state index >= 15 is 0 Å². The van der Waals surface area contributed by atoms with E-state index in [1.165, 1.54) is 11.0 Å². The number of hydrogen-bond donors (Lipinski definition) is 1. The van der Waals surface area contributed by atoms with Crippen molar-refractivity contribution in [3.05, 3.63) is 15.8 Å². The van der Waals surface area contributed by atoms with Crippen molar-refractivity contribution in [2.24, 2.45) is 11.8 Å². The molecule has 2 unspecified atom stereocenters. The van der Waals surface area contributed by atoms with Gasteiger partial charge in [0.15, 0.2) is 0 Å². The molecule has 0 aliphatic carbocycles. The average Bonchev–Trinajstić information content (AvgIpc) is 2.77. The van der Waals surface area contributed by atoms with Crippen LogP contribution in [0.3, 0.4) is 0 Å². The zero-order valence-electron chi connectivity index (χ0n) is 12.2. The maximum atomic E-state index is 12.5. The number of halogens is 2. The molecule has 1 fully saturated rings. The van der Waals surface area contributed by atoms with Crippen LogP contribution in [0, 0.1) is 18.8 Å². The number of aliphatic carboxylic acids is 1. The molecule has 0 radical (unpaired) electrons. The van der Waals surface area contributed by atoms with E-state index in [4.69, 9.17) is 5.11 Å². The first-order valence-corrected chi connectivity index (χ1v) is 7.67. The van der Waals surface area contributed by atoms with Crippen LogP contribution in [0.4, 0.5) is 8.78 Å². The Bertz CT molecular complexity index is 575. The molecule has 1 N–H and O–H groups in total. The van der Waals surface area contributed by atoms with Crippen molar-refractivity contribution in [1.82, 2.24) is 4.90 Å². The second-order valence-electron chi connectivity index (χ2n) is 5.52. The lowest BCUT2D eigenvalue weighted by Gasteiger charge is -2.34. The molecule has 8 heteroatoms. The molecule has 0 saturated carbocycles. The Hall–Kier alpha value is -1.70. The van der Waals surface area contributed by atoms with Gasteiger partial charge < -0.3 is 14.7 Å². The summed E-state index contributed by atoms with van der Waals surface area (Å²) in [5, 5.41) is 9.14. The minimum absolute atomic E-state index is 0.0410. The summed E-state index contributed by atoms with van der Waals surface area (Å²) in [6, 6.07) is 1.39. The van der Waals surface area contributed by atoms with Crippen LogP contribution < -0.4 is 4.74 Å². The first-order chi connectivity index (χ1) is 10.3. The molecule has 122 valence electrons. The number of piperidine rings is 1. The summed E-state index contributed by atoms with van der Waals surface area (Å²) in [4.78, 5) is 25.9. The zero-order chi connectivity index (χ0) is 16.4. The molecule has 1 amide bonds. The van der Waals surface area contributed by atoms with Crippen LogP contribution in [-0.2, 0) is 4.79 Å². The van der Waals surface area contributed by atoms with Gasteiger partial charge >= 0.3 is 12.6 Å². The third-order valence-corrected chi connectivity index (χ3v) is 4.55. The SMILES string of the molecule is Cc1cc(OC(F)F)c(C(=O)N2CC(C)CC(C(=O)O)C2)s1. The molecule has 1 saturated heterocycles. The molecule has 0 aromatic carbocycles. The number of alkyl halides is 2. The Balaban J connectivity index is 2.22. The molecule has 1 aromatic rings. The van der Waals surface area contributed by atoms with Gasteiger partial charge in [0.1, 0.15) is 10.6 Å². The van der Waals surface area contributed by atoms with Crippen LogP contribution in [0.1, 0.15) is 27.9 Å². The van der Waals surface area contributed by atoms with Crippen LogP contribution in [0.5, 0.6) is 5.75 Å². The van der Waals surface area contributed by atoms with Gasteiger partial charge in [-0.15, -0.1) is 11.3 Å². The average molecular weight is 333 g/mol. The van der Waals surface area contributed by atoms with E-state index in [9.17, 15) is 18.4 Å². The van der Waals surface area contributed by atoms with E-state index in [1.54, 1.807) is 6.92 Å². The first-order valence-electron chi connectivity index (χ1n) is 6.85. The summed E-state index contributed by atoms with van der Waals surface area (Å²) in [5.74, 6) is -2.14. The molecule has 2 rings (SSSR count). The van der Waals surface area contributed by atoms with Crippen LogP contribution in [0.25, 0.3) is 0 Å². The summed E-state index contributed by atoms with van der Waals surface area (Å²) in [6.45, 7) is 1.05. The third-order valence-electron chi connectivity index (χ3n) is 3.53. The summed E-state index contributed by atoms with van der Waals surface area (Å²) in [7, 11) is 0. The van der Waals surface area contributed by atoms with Crippen molar-refractivity contribution in [3.8, 4) is 5.75 Å². The molecule has 1 aliphatic heterocycles. The fourth-order valence-electron chi connectivity index (χ4n) is 2.66. The fourth-order valence-corrected chi connectivity index (χ4v) is 3.58. The Kier molecular flexibility index (Phi) is 5.00. The summed E-state index contributed by atoms with van der Waals surface area (Å²) >= 11 is 1.07. The van der Waals surface area contributed by atoms with Gasteiger partial charge in [-0.2, -0.15) is 8.78 Å². The monoisotopic (exact) mass is 333 g/mol. The Labute approximate surface area is 130 Å². The van der Waals surface area contributed by atoms with Gasteiger partial charge in [-0.05, 0) is 25.3 Å². The molecule has 22 heavy (non-hydrogen) atoms. The molecule has 0 spiro atoms. The maximum Gasteiger partial charge on any atom is 0.387 e. The lowest BCUT2D eigenvalue weighted by molar-refractivity contribution is -0.143. The molecule has 0 bridgehead atoms. The van der Waals surface area contributed by atoms with Gasteiger partial charge in [0.25, 0.3) is 5.91 Å². The highest BCUT2D eigenvalue weighted by atomic mass is 32.1. The number of likely N-dealkylation sites (tertiary alicyclic amines) is 1. The van der Waals surface area contributed by atoms with Crippen molar-refractivity contribution in [2.75, 3.05) is 13.1 Å². The number of carboxylic acid groups (broad SMARTS) is 1. The van der Waals surface area contributed by atoms with E-state index in [0.29, 0.717) is 17.8 Å². The standard InChI is InChI=1S/C14H17F2NO4S/c1-7-3-9(13(19)20)6-17(5-7)12(18)11-10(21-14(15)16)4-8(2)22-11/h4,7,9,14H,3,5-6H2,1-2H3,(H,19,20). The molecule has 1 aliphatic rings. The number of aryl methyl sites for hydroxylation is 1. The number of hydrogen-bond acceptors (Lipinski definition) is 4. The number of carbonyl (C=O) groups is 2. The molecule has 1 aromatic heterocycles. The van der Waals surface area contributed by atoms with Crippen molar-refractivity contribution < 1.29 is 28.2 Å². The van der Waals surface area contributed by atoms with Crippen molar-refractivity contribution >= 4 is 23.2 Å². The van der Waals surface area contributed by atoms with Crippen LogP contribution in [-0.4, -0.2) is 41.6 Å². The Morgan fingerprint density at radius 1 is 1.45 bits per heavy atom. The number of nitrogens with zero attached hydrogens (tertiary/aromatic N) is 1. The van der Waals surface area contributed by atoms with Gasteiger partial charge in [-0.1, -0.05) is 6.92 Å². The van der Waals surface area contributed by atoms with Crippen LogP contribution >= 0.6 is 11.3 Å². The van der Waals surface area contributed by atoms with E-state index in [0.717, 1.165) is 11.3 Å². The van der Waals surface area contributed by atoms with Crippen LogP contribution in [0.2, 0.25) is 0 Å². The van der Waals surface area contributed by atoms with Crippen LogP contribution in [0.15, 0.2) is 6.07 Å². The lowest BCUT2D eigenvalue weighted by atomic mass is 9.90. The fraction of sp³-hybridized carbons (Fsp3) is 0.571. The summed E-state index contributed by atoms with van der Waals surface area (Å²) in [6.07, 6.45) is 0.503. The summed E-state index contributed by atoms with van der Waals surface area (Å²) in [5.41, 5.74) is 0. The van der Waals surface area contributed by atoms with E-state index in [1.807, 2.05) is 6.92 Å². The van der Waals surface area contributed by atoms with E-state index in [-0.39, 0.29) is 23.1 Å². The largest absolute Gasteiger partial charge is 0.481 e. The smallest absolute Gasteiger partial charge is 0.387 e. The van der Waals surface area contributed by atoms with E-state index < -0.39 is 24.4 Å². The second kappa shape index (κ2) is 6.60. The quantitative estimate of drug-likeness (QED) is 0.920. The zero-order valence-corrected chi connectivity index (χ0v) is 13.0. The topological polar surface area (TPSA) is 66.8 Å². The van der Waals surface area contributed by atoms with Crippen molar-refractivity contribution in [2.45, 2.75) is 26.9 Å². The minimum atomic E-state index is -3.01. The predicted molar refractivity (Wildman–Crippen MR) is 76.5 cm³/mol. The van der Waals surface area contributed by atoms with Crippen molar-refractivity contribution in [3.63, 3.8) is 0 Å². The van der Waals surface area contributed by atoms with Gasteiger partial charge in [0.05, 0.1) is 5.92 Å². The van der Waals surface area contributed by atoms with Gasteiger partial charge in [0, 0.05) is 18.0 Å². The predicted octanol–water partition coefficient (Wildman–Crippen LogP) is 2.84. The Morgan fingerprint density at radius 2 is 2.14 bits per heavy atom. The van der Waals surface area contributed by atoms with Gasteiger partial charge in [-0.25, -0.2) is 0 Å². The second-order valence-corrected chi connectivity index (χ2v) is 6.77. The molecule has 2 atom stereocenters. The number of rotatable bonds is 4. The first kappa shape index (κ1) is 16.7. The van der Waals surface area contributed by atoms with Gasteiger partial charge in [-0.3, -0.25) is 9.59 Å². The van der Waals surface area contributed by atoms with Gasteiger partial charge in [0.2, 0.25) is 0 Å².